The lowest BCUT2D eigenvalue weighted by Gasteiger charge is -2.41. The molecule has 1 amide bonds. The van der Waals surface area contributed by atoms with Gasteiger partial charge >= 0.3 is 5.97 Å². The number of unbranched alkanes of at least 4 members (excludes halogenated alkanes) is 34. The smallest absolute Gasteiger partial charge is 0.306 e. The van der Waals surface area contributed by atoms with Crippen molar-refractivity contribution in [3.8, 4) is 0 Å². The average Bonchev–Trinajstić information content (AvgIpc) is 3.39. The molecule has 0 radical (unpaired) electrons. The van der Waals surface area contributed by atoms with Crippen LogP contribution in [0.2, 0.25) is 0 Å². The van der Waals surface area contributed by atoms with Crippen LogP contribution in [-0.4, -0.2) is 99.6 Å². The summed E-state index contributed by atoms with van der Waals surface area (Å²) in [5.74, 6) is -1.19. The van der Waals surface area contributed by atoms with Crippen molar-refractivity contribution in [2.45, 2.75) is 333 Å². The summed E-state index contributed by atoms with van der Waals surface area (Å²) in [6.45, 7) is 5.78. The molecule has 0 spiro atoms. The minimum absolute atomic E-state index is 0.117. The number of hydrogen-bond donors (Lipinski definition) is 6. The lowest BCUT2D eigenvalue weighted by atomic mass is 9.99. The molecule has 0 aliphatic carbocycles. The van der Waals surface area contributed by atoms with Gasteiger partial charge in [0.2, 0.25) is 5.91 Å². The highest BCUT2D eigenvalue weighted by molar-refractivity contribution is 5.80. The Labute approximate surface area is 447 Å². The molecular formula is C62H115NO10. The number of rotatable bonds is 52. The molecule has 1 aliphatic heterocycles. The maximum absolute atomic E-state index is 13.4. The van der Waals surface area contributed by atoms with Crippen molar-refractivity contribution in [3.05, 3.63) is 36.5 Å². The molecule has 11 nitrogen and oxygen atoms in total. The van der Waals surface area contributed by atoms with Gasteiger partial charge in [0.1, 0.15) is 24.4 Å². The molecule has 6 N–H and O–H groups in total. The van der Waals surface area contributed by atoms with Crippen molar-refractivity contribution in [1.82, 2.24) is 5.32 Å². The van der Waals surface area contributed by atoms with Gasteiger partial charge in [0.15, 0.2) is 12.4 Å². The van der Waals surface area contributed by atoms with E-state index in [4.69, 9.17) is 14.2 Å². The number of allylic oxidation sites excluding steroid dienone is 5. The second-order valence-electron chi connectivity index (χ2n) is 21.4. The van der Waals surface area contributed by atoms with E-state index >= 15 is 0 Å². The van der Waals surface area contributed by atoms with E-state index in [0.717, 1.165) is 77.0 Å². The summed E-state index contributed by atoms with van der Waals surface area (Å²) in [7, 11) is 0. The first-order valence-electron chi connectivity index (χ1n) is 30.8. The number of carbonyl (C=O) groups excluding carboxylic acids is 2. The Morgan fingerprint density at radius 1 is 0.534 bits per heavy atom. The number of ether oxygens (including phenoxy) is 3. The molecule has 1 rings (SSSR count). The molecule has 1 fully saturated rings. The van der Waals surface area contributed by atoms with Gasteiger partial charge in [-0.1, -0.05) is 256 Å². The summed E-state index contributed by atoms with van der Waals surface area (Å²) in [6, 6.07) is -1.02. The van der Waals surface area contributed by atoms with Crippen LogP contribution < -0.4 is 5.32 Å². The summed E-state index contributed by atoms with van der Waals surface area (Å²) < 4.78 is 17.6. The second kappa shape index (κ2) is 50.7. The third kappa shape index (κ3) is 39.0. The van der Waals surface area contributed by atoms with Crippen molar-refractivity contribution in [3.63, 3.8) is 0 Å². The summed E-state index contributed by atoms with van der Waals surface area (Å²) in [4.78, 5) is 26.5. The van der Waals surface area contributed by atoms with Crippen LogP contribution in [0.1, 0.15) is 284 Å². The Bertz CT molecular complexity index is 1330. The van der Waals surface area contributed by atoms with Crippen LogP contribution in [0.15, 0.2) is 36.5 Å². The zero-order valence-electron chi connectivity index (χ0n) is 47.3. The molecule has 11 heteroatoms. The van der Waals surface area contributed by atoms with Gasteiger partial charge in [-0.2, -0.15) is 0 Å². The van der Waals surface area contributed by atoms with Gasteiger partial charge in [-0.3, -0.25) is 9.59 Å². The molecule has 428 valence electrons. The lowest BCUT2D eigenvalue weighted by molar-refractivity contribution is -0.305. The first-order chi connectivity index (χ1) is 35.7. The highest BCUT2D eigenvalue weighted by Gasteiger charge is 2.47. The molecular weight excluding hydrogens is 919 g/mol. The molecule has 0 aromatic rings. The van der Waals surface area contributed by atoms with Crippen LogP contribution in [0, 0.1) is 0 Å². The summed E-state index contributed by atoms with van der Waals surface area (Å²) >= 11 is 0. The Morgan fingerprint density at radius 2 is 0.945 bits per heavy atom. The SMILES string of the molecule is CCCCC/C=C\C/C=C\CCCCCCCCCC(=O)OC1C(OCC(NC(=O)C(O)CCCCCCCCCCCCCCCC)C(O)/C=C/CCCCCCCCCCCCC)OC(CO)C(O)C1O. The van der Waals surface area contributed by atoms with E-state index in [2.05, 4.69) is 50.4 Å². The summed E-state index contributed by atoms with van der Waals surface area (Å²) in [6.07, 6.45) is 48.9. The number of carbonyl (C=O) groups is 2. The van der Waals surface area contributed by atoms with Gasteiger partial charge in [-0.05, 0) is 57.8 Å². The molecule has 8 atom stereocenters. The third-order valence-corrected chi connectivity index (χ3v) is 14.5. The van der Waals surface area contributed by atoms with E-state index in [9.17, 15) is 35.1 Å². The molecule has 0 bridgehead atoms. The second-order valence-corrected chi connectivity index (χ2v) is 21.4. The van der Waals surface area contributed by atoms with Crippen LogP contribution in [0.25, 0.3) is 0 Å². The monoisotopic (exact) mass is 1030 g/mol. The van der Waals surface area contributed by atoms with Gasteiger partial charge in [0, 0.05) is 6.42 Å². The Morgan fingerprint density at radius 3 is 1.42 bits per heavy atom. The van der Waals surface area contributed by atoms with E-state index in [1.54, 1.807) is 6.08 Å². The van der Waals surface area contributed by atoms with Gasteiger partial charge in [0.05, 0.1) is 25.4 Å². The molecule has 1 heterocycles. The predicted octanol–water partition coefficient (Wildman–Crippen LogP) is 14.3. The maximum atomic E-state index is 13.4. The maximum Gasteiger partial charge on any atom is 0.306 e. The van der Waals surface area contributed by atoms with E-state index in [0.29, 0.717) is 19.3 Å². The fraction of sp³-hybridized carbons (Fsp3) is 0.871. The fourth-order valence-electron chi connectivity index (χ4n) is 9.62. The Balaban J connectivity index is 2.70. The van der Waals surface area contributed by atoms with Crippen molar-refractivity contribution in [2.75, 3.05) is 13.2 Å². The molecule has 8 unspecified atom stereocenters. The van der Waals surface area contributed by atoms with E-state index in [1.807, 2.05) is 6.08 Å². The van der Waals surface area contributed by atoms with E-state index < -0.39 is 67.4 Å². The van der Waals surface area contributed by atoms with Gasteiger partial charge in [-0.15, -0.1) is 0 Å². The predicted molar refractivity (Wildman–Crippen MR) is 301 cm³/mol. The number of hydrogen-bond acceptors (Lipinski definition) is 10. The topological polar surface area (TPSA) is 175 Å². The van der Waals surface area contributed by atoms with E-state index in [1.165, 1.54) is 161 Å². The fourth-order valence-corrected chi connectivity index (χ4v) is 9.62. The third-order valence-electron chi connectivity index (χ3n) is 14.5. The first-order valence-corrected chi connectivity index (χ1v) is 30.8. The highest BCUT2D eigenvalue weighted by Crippen LogP contribution is 2.26. The van der Waals surface area contributed by atoms with Crippen LogP contribution >= 0.6 is 0 Å². The minimum Gasteiger partial charge on any atom is -0.454 e. The number of aliphatic hydroxyl groups is 5. The van der Waals surface area contributed by atoms with Crippen molar-refractivity contribution < 1.29 is 49.3 Å². The summed E-state index contributed by atoms with van der Waals surface area (Å²) in [5.41, 5.74) is 0. The highest BCUT2D eigenvalue weighted by atomic mass is 16.7. The molecule has 73 heavy (non-hydrogen) atoms. The van der Waals surface area contributed by atoms with E-state index in [-0.39, 0.29) is 13.0 Å². The molecule has 0 aromatic heterocycles. The zero-order valence-corrected chi connectivity index (χ0v) is 47.3. The molecule has 1 aliphatic rings. The first kappa shape index (κ1) is 68.9. The number of aliphatic hydroxyl groups excluding tert-OH is 5. The normalized spacial score (nSPS) is 19.6. The van der Waals surface area contributed by atoms with Crippen LogP contribution in [0.4, 0.5) is 0 Å². The quantitative estimate of drug-likeness (QED) is 0.0195. The van der Waals surface area contributed by atoms with Crippen LogP contribution in [0.5, 0.6) is 0 Å². The Hall–Kier alpha value is -2.12. The van der Waals surface area contributed by atoms with Crippen molar-refractivity contribution >= 4 is 11.9 Å². The largest absolute Gasteiger partial charge is 0.454 e. The summed E-state index contributed by atoms with van der Waals surface area (Å²) in [5, 5.41) is 56.9. The minimum atomic E-state index is -1.61. The number of esters is 1. The zero-order chi connectivity index (χ0) is 53.3. The number of amides is 1. The number of nitrogens with one attached hydrogen (secondary N) is 1. The molecule has 1 saturated heterocycles. The van der Waals surface area contributed by atoms with Gasteiger partial charge in [-0.25, -0.2) is 0 Å². The van der Waals surface area contributed by atoms with Crippen molar-refractivity contribution in [1.29, 1.82) is 0 Å². The van der Waals surface area contributed by atoms with Gasteiger partial charge in [0.25, 0.3) is 0 Å². The molecule has 0 aromatic carbocycles. The van der Waals surface area contributed by atoms with Crippen LogP contribution in [-0.2, 0) is 23.8 Å². The lowest BCUT2D eigenvalue weighted by Crippen LogP contribution is -2.61. The average molecular weight is 1030 g/mol. The van der Waals surface area contributed by atoms with Crippen molar-refractivity contribution in [2.24, 2.45) is 0 Å². The standard InChI is InChI=1S/C62H115NO10/c1-4-7-10-13-16-19-22-25-27-28-29-32-35-38-41-44-47-50-57(67)73-60-59(69)58(68)56(51-64)72-62(60)71-52-53(54(65)48-45-42-39-36-33-30-24-21-18-15-12-9-6-3)63-61(70)55(66)49-46-43-40-37-34-31-26-23-20-17-14-11-8-5-2/h16,19,25,27,45,48,53-56,58-60,62,64-66,68-69H,4-15,17-18,20-24,26,28-44,46-47,49-52H2,1-3H3,(H,63,70)/b19-16-,27-25-,48-45+. The molecule has 0 saturated carbocycles. The Kier molecular flexibility index (Phi) is 47.8. The van der Waals surface area contributed by atoms with Gasteiger partial charge < -0.3 is 45.1 Å². The van der Waals surface area contributed by atoms with Crippen LogP contribution in [0.3, 0.4) is 0 Å².